The highest BCUT2D eigenvalue weighted by Crippen LogP contribution is 2.55. The number of aliphatic hydroxyl groups excluding tert-OH is 2. The summed E-state index contributed by atoms with van der Waals surface area (Å²) in [6.07, 6.45) is -1.15. The van der Waals surface area contributed by atoms with Gasteiger partial charge in [-0.15, -0.1) is 0 Å². The molecular formula is C19H24N4O9P2. The number of imidazole rings is 1. The van der Waals surface area contributed by atoms with Gasteiger partial charge in [0.15, 0.2) is 11.6 Å². The molecule has 0 saturated carbocycles. The Morgan fingerprint density at radius 3 is 2.47 bits per heavy atom. The van der Waals surface area contributed by atoms with Crippen LogP contribution >= 0.6 is 15.2 Å². The van der Waals surface area contributed by atoms with E-state index in [2.05, 4.69) is 15.1 Å². The van der Waals surface area contributed by atoms with Crippen molar-refractivity contribution in [3.63, 3.8) is 0 Å². The number of hydrogen-bond donors (Lipinski definition) is 5. The molecule has 0 amide bonds. The van der Waals surface area contributed by atoms with Crippen molar-refractivity contribution < 1.29 is 43.3 Å². The highest BCUT2D eigenvalue weighted by Gasteiger charge is 2.46. The minimum absolute atomic E-state index is 0.329. The highest BCUT2D eigenvalue weighted by molar-refractivity contribution is 7.70. The zero-order valence-electron chi connectivity index (χ0n) is 17.7. The molecule has 1 fully saturated rings. The maximum atomic E-state index is 11.9. The Bertz CT molecular complexity index is 1230. The number of fused-ring (bicyclic) bond motifs is 1. The Morgan fingerprint density at radius 1 is 1.03 bits per heavy atom. The number of rotatable bonds is 9. The first kappa shape index (κ1) is 25.1. The molecule has 34 heavy (non-hydrogen) atoms. The summed E-state index contributed by atoms with van der Waals surface area (Å²) in [5.74, 6) is -1.37. The molecule has 1 aliphatic rings. The topological polar surface area (TPSA) is 197 Å². The Labute approximate surface area is 193 Å². The molecule has 4 rings (SSSR count). The summed E-state index contributed by atoms with van der Waals surface area (Å²) in [7, 11) is -9.45. The van der Waals surface area contributed by atoms with Crippen molar-refractivity contribution in [1.29, 1.82) is 0 Å². The van der Waals surface area contributed by atoms with Crippen LogP contribution in [0.25, 0.3) is 5.65 Å². The molecule has 1 saturated heterocycles. The number of aryl methyl sites for hydroxylation is 2. The fourth-order valence-electron chi connectivity index (χ4n) is 3.75. The van der Waals surface area contributed by atoms with Gasteiger partial charge in [0.1, 0.15) is 30.7 Å². The molecule has 3 aromatic rings. The summed E-state index contributed by atoms with van der Waals surface area (Å²) < 4.78 is 34.7. The molecule has 3 heterocycles. The fraction of sp³-hybridized carbons (Fsp3) is 0.421. The molecule has 5 N–H and O–H groups in total. The van der Waals surface area contributed by atoms with Gasteiger partial charge >= 0.3 is 15.2 Å². The van der Waals surface area contributed by atoms with Crippen LogP contribution in [0.3, 0.4) is 0 Å². The van der Waals surface area contributed by atoms with Crippen LogP contribution in [-0.2, 0) is 31.2 Å². The lowest BCUT2D eigenvalue weighted by Gasteiger charge is -2.18. The van der Waals surface area contributed by atoms with Crippen LogP contribution in [0.4, 0.5) is 0 Å². The van der Waals surface area contributed by atoms with Crippen LogP contribution in [0.1, 0.15) is 23.1 Å². The molecule has 0 bridgehead atoms. The van der Waals surface area contributed by atoms with Gasteiger partial charge in [0, 0.05) is 0 Å². The number of benzene rings is 1. The second-order valence-corrected chi connectivity index (χ2v) is 11.9. The van der Waals surface area contributed by atoms with Gasteiger partial charge in [-0.1, -0.05) is 30.3 Å². The van der Waals surface area contributed by atoms with E-state index in [4.69, 9.17) is 19.0 Å². The van der Waals surface area contributed by atoms with Crippen LogP contribution < -0.4 is 0 Å². The lowest BCUT2D eigenvalue weighted by molar-refractivity contribution is -0.0204. The maximum Gasteiger partial charge on any atom is 0.340 e. The fourth-order valence-corrected chi connectivity index (χ4v) is 6.32. The van der Waals surface area contributed by atoms with Gasteiger partial charge in [0.2, 0.25) is 0 Å². The second-order valence-electron chi connectivity index (χ2n) is 7.93. The minimum Gasteiger partial charge on any atom is -0.387 e. The third-order valence-electron chi connectivity index (χ3n) is 5.35. The van der Waals surface area contributed by atoms with Crippen molar-refractivity contribution in [3.8, 4) is 0 Å². The molecule has 0 aliphatic carbocycles. The molecule has 1 aliphatic heterocycles. The molecule has 0 spiro atoms. The molecule has 1 unspecified atom stereocenters. The van der Waals surface area contributed by atoms with Crippen LogP contribution in [0.15, 0.2) is 42.9 Å². The van der Waals surface area contributed by atoms with E-state index in [-0.39, 0.29) is 0 Å². The third kappa shape index (κ3) is 5.77. The third-order valence-corrected chi connectivity index (χ3v) is 8.81. The number of aliphatic hydroxyl groups is 2. The SMILES string of the molecule is O=P(O)(O)CP(=O)(O)OC[C@H]1O[C@@H](c2cnc3c(CCc4ccccc4)ncnn23)[C@H](O)[C@@H]1O. The molecule has 0 radical (unpaired) electrons. The van der Waals surface area contributed by atoms with Gasteiger partial charge in [-0.25, -0.2) is 14.5 Å². The Morgan fingerprint density at radius 2 is 1.76 bits per heavy atom. The number of aromatic nitrogens is 4. The quantitative estimate of drug-likeness (QED) is 0.247. The molecule has 2 aromatic heterocycles. The smallest absolute Gasteiger partial charge is 0.340 e. The summed E-state index contributed by atoms with van der Waals surface area (Å²) in [6.45, 7) is -0.670. The van der Waals surface area contributed by atoms with Crippen molar-refractivity contribution in [1.82, 2.24) is 19.6 Å². The lowest BCUT2D eigenvalue weighted by Crippen LogP contribution is -2.33. The monoisotopic (exact) mass is 514 g/mol. The summed E-state index contributed by atoms with van der Waals surface area (Å²) in [5, 5.41) is 25.1. The lowest BCUT2D eigenvalue weighted by atomic mass is 10.1. The highest BCUT2D eigenvalue weighted by atomic mass is 31.2. The van der Waals surface area contributed by atoms with Gasteiger partial charge in [-0.05, 0) is 18.4 Å². The second kappa shape index (κ2) is 9.90. The van der Waals surface area contributed by atoms with Crippen molar-refractivity contribution in [3.05, 3.63) is 59.8 Å². The van der Waals surface area contributed by atoms with Crippen LogP contribution in [-0.4, -0.2) is 75.3 Å². The average molecular weight is 514 g/mol. The number of nitrogens with zero attached hydrogens (tertiary/aromatic N) is 4. The van der Waals surface area contributed by atoms with Gasteiger partial charge in [-0.3, -0.25) is 9.13 Å². The Balaban J connectivity index is 1.48. The van der Waals surface area contributed by atoms with Crippen molar-refractivity contribution >= 4 is 20.8 Å². The maximum absolute atomic E-state index is 11.9. The van der Waals surface area contributed by atoms with E-state index in [0.29, 0.717) is 23.5 Å². The molecule has 1 aromatic carbocycles. The van der Waals surface area contributed by atoms with Gasteiger partial charge in [-0.2, -0.15) is 5.10 Å². The van der Waals surface area contributed by atoms with Crippen molar-refractivity contribution in [2.75, 3.05) is 12.5 Å². The van der Waals surface area contributed by atoms with Gasteiger partial charge < -0.3 is 34.2 Å². The van der Waals surface area contributed by atoms with E-state index < -0.39 is 52.1 Å². The zero-order valence-corrected chi connectivity index (χ0v) is 19.5. The zero-order chi connectivity index (χ0) is 24.5. The van der Waals surface area contributed by atoms with E-state index >= 15 is 0 Å². The molecular weight excluding hydrogens is 490 g/mol. The van der Waals surface area contributed by atoms with Crippen LogP contribution in [0.2, 0.25) is 0 Å². The standard InChI is InChI=1S/C19H24N4O9P2/c24-16-15(9-31-34(29,30)11-33(26,27)28)32-18(17(16)25)14-8-20-19-13(21-10-22-23(14)19)7-6-12-4-2-1-3-5-12/h1-5,8,10,15-18,24-25H,6-7,9,11H2,(H,29,30)(H2,26,27,28)/t15-,16-,17-,18+/m1/s1. The number of hydrogen-bond acceptors (Lipinski definition) is 9. The molecule has 184 valence electrons. The first-order valence-electron chi connectivity index (χ1n) is 10.3. The summed E-state index contributed by atoms with van der Waals surface area (Å²) in [4.78, 5) is 36.1. The number of ether oxygens (including phenoxy) is 1. The molecule has 13 nitrogen and oxygen atoms in total. The van der Waals surface area contributed by atoms with Crippen molar-refractivity contribution in [2.45, 2.75) is 37.3 Å². The van der Waals surface area contributed by atoms with E-state index in [1.54, 1.807) is 0 Å². The molecule has 5 atom stereocenters. The van der Waals surface area contributed by atoms with Gasteiger partial charge in [0.25, 0.3) is 0 Å². The van der Waals surface area contributed by atoms with Crippen molar-refractivity contribution in [2.24, 2.45) is 0 Å². The summed E-state index contributed by atoms with van der Waals surface area (Å²) >= 11 is 0. The van der Waals surface area contributed by atoms with E-state index in [9.17, 15) is 24.2 Å². The van der Waals surface area contributed by atoms with E-state index in [1.165, 1.54) is 17.0 Å². The first-order chi connectivity index (χ1) is 16.0. The average Bonchev–Trinajstić information content (AvgIpc) is 3.32. The van der Waals surface area contributed by atoms with E-state index in [1.807, 2.05) is 30.3 Å². The minimum atomic E-state index is -4.80. The predicted octanol–water partition coefficient (Wildman–Crippen LogP) is 0.408. The van der Waals surface area contributed by atoms with Gasteiger partial charge in [0.05, 0.1) is 24.2 Å². The first-order valence-corrected chi connectivity index (χ1v) is 13.8. The summed E-state index contributed by atoms with van der Waals surface area (Å²) in [5.41, 5.74) is 2.60. The van der Waals surface area contributed by atoms with E-state index in [0.717, 1.165) is 12.0 Å². The Kier molecular flexibility index (Phi) is 7.30. The Hall–Kier alpha value is -2.05. The largest absolute Gasteiger partial charge is 0.387 e. The normalized spacial score (nSPS) is 25.0. The van der Waals surface area contributed by atoms with Crippen LogP contribution in [0.5, 0.6) is 0 Å². The summed E-state index contributed by atoms with van der Waals surface area (Å²) in [6, 6.07) is 9.85. The predicted molar refractivity (Wildman–Crippen MR) is 117 cm³/mol. The van der Waals surface area contributed by atoms with Crippen LogP contribution in [0, 0.1) is 0 Å². The molecule has 15 heteroatoms.